The van der Waals surface area contributed by atoms with Crippen LogP contribution in [0, 0.1) is 0 Å². The average Bonchev–Trinajstić information content (AvgIpc) is 2.83. The standard InChI is InChI=1S/C23H28N2O6S/c1-3-20(26)17-7-10-19(11-8-17)31-16-23(27)24-18-9-12-21(30-2)22(15-18)32(28,29)25-13-5-4-6-14-25/h7-12,15H,3-6,13-14,16H2,1-2H3,(H,24,27). The van der Waals surface area contributed by atoms with Crippen molar-refractivity contribution in [3.05, 3.63) is 48.0 Å². The maximum absolute atomic E-state index is 13.1. The van der Waals surface area contributed by atoms with Crippen molar-refractivity contribution in [2.24, 2.45) is 0 Å². The molecule has 8 nitrogen and oxygen atoms in total. The minimum atomic E-state index is -3.73. The van der Waals surface area contributed by atoms with Gasteiger partial charge in [0.2, 0.25) is 10.0 Å². The molecule has 1 amide bonds. The van der Waals surface area contributed by atoms with Crippen LogP contribution in [-0.4, -0.2) is 51.2 Å². The van der Waals surface area contributed by atoms with Gasteiger partial charge in [-0.05, 0) is 55.3 Å². The van der Waals surface area contributed by atoms with Crippen LogP contribution in [0.15, 0.2) is 47.4 Å². The van der Waals surface area contributed by atoms with Gasteiger partial charge in [-0.1, -0.05) is 13.3 Å². The smallest absolute Gasteiger partial charge is 0.262 e. The van der Waals surface area contributed by atoms with Crippen molar-refractivity contribution in [1.29, 1.82) is 0 Å². The maximum Gasteiger partial charge on any atom is 0.262 e. The summed E-state index contributed by atoms with van der Waals surface area (Å²) >= 11 is 0. The predicted molar refractivity (Wildman–Crippen MR) is 121 cm³/mol. The van der Waals surface area contributed by atoms with E-state index in [0.717, 1.165) is 19.3 Å². The largest absolute Gasteiger partial charge is 0.495 e. The lowest BCUT2D eigenvalue weighted by Gasteiger charge is -2.26. The van der Waals surface area contributed by atoms with Crippen LogP contribution < -0.4 is 14.8 Å². The van der Waals surface area contributed by atoms with Crippen molar-refractivity contribution in [2.75, 3.05) is 32.1 Å². The summed E-state index contributed by atoms with van der Waals surface area (Å²) in [6, 6.07) is 11.1. The Morgan fingerprint density at radius 3 is 2.34 bits per heavy atom. The molecule has 2 aromatic carbocycles. The first kappa shape index (κ1) is 23.7. The number of ketones is 1. The lowest BCUT2D eigenvalue weighted by Crippen LogP contribution is -2.35. The van der Waals surface area contributed by atoms with Gasteiger partial charge in [0.25, 0.3) is 5.91 Å². The topological polar surface area (TPSA) is 102 Å². The first-order chi connectivity index (χ1) is 15.3. The second kappa shape index (κ2) is 10.6. The van der Waals surface area contributed by atoms with E-state index in [1.807, 2.05) is 0 Å². The van der Waals surface area contributed by atoms with Crippen molar-refractivity contribution in [2.45, 2.75) is 37.5 Å². The third kappa shape index (κ3) is 5.66. The molecule has 0 aliphatic carbocycles. The molecule has 0 saturated carbocycles. The molecule has 0 atom stereocenters. The van der Waals surface area contributed by atoms with Crippen LogP contribution in [0.25, 0.3) is 0 Å². The van der Waals surface area contributed by atoms with E-state index < -0.39 is 15.9 Å². The van der Waals surface area contributed by atoms with Crippen LogP contribution in [-0.2, 0) is 14.8 Å². The quantitative estimate of drug-likeness (QED) is 0.575. The molecule has 2 aromatic rings. The molecule has 0 bridgehead atoms. The summed E-state index contributed by atoms with van der Waals surface area (Å²) in [4.78, 5) is 24.0. The number of hydrogen-bond acceptors (Lipinski definition) is 6. The number of carbonyl (C=O) groups is 2. The molecule has 0 spiro atoms. The Morgan fingerprint density at radius 1 is 1.03 bits per heavy atom. The summed E-state index contributed by atoms with van der Waals surface area (Å²) in [5.74, 6) is 0.275. The minimum absolute atomic E-state index is 0.0248. The average molecular weight is 461 g/mol. The number of hydrogen-bond donors (Lipinski definition) is 1. The molecular weight excluding hydrogens is 432 g/mol. The first-order valence-electron chi connectivity index (χ1n) is 10.6. The number of carbonyl (C=O) groups excluding carboxylic acids is 2. The third-order valence-electron chi connectivity index (χ3n) is 5.25. The molecule has 32 heavy (non-hydrogen) atoms. The van der Waals surface area contributed by atoms with E-state index in [2.05, 4.69) is 5.32 Å². The molecule has 1 saturated heterocycles. The van der Waals surface area contributed by atoms with E-state index in [-0.39, 0.29) is 23.0 Å². The Kier molecular flexibility index (Phi) is 7.87. The monoisotopic (exact) mass is 460 g/mol. The van der Waals surface area contributed by atoms with Crippen LogP contribution >= 0.6 is 0 Å². The van der Waals surface area contributed by atoms with Crippen LogP contribution in [0.3, 0.4) is 0 Å². The van der Waals surface area contributed by atoms with E-state index in [4.69, 9.17) is 9.47 Å². The molecular formula is C23H28N2O6S. The van der Waals surface area contributed by atoms with E-state index >= 15 is 0 Å². The Balaban J connectivity index is 1.67. The van der Waals surface area contributed by atoms with Crippen LogP contribution in [0.2, 0.25) is 0 Å². The molecule has 1 fully saturated rings. The highest BCUT2D eigenvalue weighted by Crippen LogP contribution is 2.31. The molecule has 0 radical (unpaired) electrons. The molecule has 3 rings (SSSR count). The Bertz CT molecular complexity index is 1060. The van der Waals surface area contributed by atoms with Gasteiger partial charge in [0.15, 0.2) is 12.4 Å². The molecule has 0 unspecified atom stereocenters. The van der Waals surface area contributed by atoms with Crippen molar-refractivity contribution < 1.29 is 27.5 Å². The number of Topliss-reactive ketones (excluding diaryl/α,β-unsaturated/α-hetero) is 1. The zero-order chi connectivity index (χ0) is 23.1. The number of benzene rings is 2. The molecule has 1 heterocycles. The Hall–Kier alpha value is -2.91. The Labute approximate surface area is 188 Å². The second-order valence-corrected chi connectivity index (χ2v) is 9.37. The number of anilines is 1. The van der Waals surface area contributed by atoms with Gasteiger partial charge in [-0.3, -0.25) is 9.59 Å². The molecule has 1 aliphatic heterocycles. The fourth-order valence-electron chi connectivity index (χ4n) is 3.49. The van der Waals surface area contributed by atoms with Gasteiger partial charge in [-0.2, -0.15) is 4.31 Å². The van der Waals surface area contributed by atoms with E-state index in [9.17, 15) is 18.0 Å². The maximum atomic E-state index is 13.1. The lowest BCUT2D eigenvalue weighted by molar-refractivity contribution is -0.118. The summed E-state index contributed by atoms with van der Waals surface area (Å²) in [5, 5.41) is 2.66. The molecule has 0 aromatic heterocycles. The van der Waals surface area contributed by atoms with Gasteiger partial charge in [0.05, 0.1) is 7.11 Å². The van der Waals surface area contributed by atoms with E-state index in [0.29, 0.717) is 36.5 Å². The van der Waals surface area contributed by atoms with Crippen LogP contribution in [0.1, 0.15) is 43.0 Å². The number of sulfonamides is 1. The van der Waals surface area contributed by atoms with E-state index in [1.165, 1.54) is 23.5 Å². The highest BCUT2D eigenvalue weighted by atomic mass is 32.2. The van der Waals surface area contributed by atoms with Gasteiger partial charge < -0.3 is 14.8 Å². The molecule has 1 aliphatic rings. The third-order valence-corrected chi connectivity index (χ3v) is 7.17. The van der Waals surface area contributed by atoms with Gasteiger partial charge >= 0.3 is 0 Å². The number of ether oxygens (including phenoxy) is 2. The number of nitrogens with zero attached hydrogens (tertiary/aromatic N) is 1. The zero-order valence-corrected chi connectivity index (χ0v) is 19.1. The summed E-state index contributed by atoms with van der Waals surface area (Å²) in [6.45, 7) is 2.47. The second-order valence-electron chi connectivity index (χ2n) is 7.47. The zero-order valence-electron chi connectivity index (χ0n) is 18.3. The van der Waals surface area contributed by atoms with Crippen molar-refractivity contribution in [1.82, 2.24) is 4.31 Å². The fourth-order valence-corrected chi connectivity index (χ4v) is 5.19. The first-order valence-corrected chi connectivity index (χ1v) is 12.0. The van der Waals surface area contributed by atoms with Crippen molar-refractivity contribution in [3.8, 4) is 11.5 Å². The van der Waals surface area contributed by atoms with Crippen LogP contribution in [0.4, 0.5) is 5.69 Å². The summed E-state index contributed by atoms with van der Waals surface area (Å²) in [6.07, 6.45) is 3.07. The lowest BCUT2D eigenvalue weighted by atomic mass is 10.1. The highest BCUT2D eigenvalue weighted by molar-refractivity contribution is 7.89. The Morgan fingerprint density at radius 2 is 1.72 bits per heavy atom. The van der Waals surface area contributed by atoms with Gasteiger partial charge in [0, 0.05) is 30.8 Å². The SMILES string of the molecule is CCC(=O)c1ccc(OCC(=O)Nc2ccc(OC)c(S(=O)(=O)N3CCCCC3)c2)cc1. The number of methoxy groups -OCH3 is 1. The number of nitrogens with one attached hydrogen (secondary N) is 1. The van der Waals surface area contributed by atoms with Crippen molar-refractivity contribution >= 4 is 27.4 Å². The number of amides is 1. The number of rotatable bonds is 9. The highest BCUT2D eigenvalue weighted by Gasteiger charge is 2.29. The molecule has 9 heteroatoms. The van der Waals surface area contributed by atoms with Crippen LogP contribution in [0.5, 0.6) is 11.5 Å². The van der Waals surface area contributed by atoms with Gasteiger partial charge in [0.1, 0.15) is 16.4 Å². The van der Waals surface area contributed by atoms with E-state index in [1.54, 1.807) is 37.3 Å². The summed E-state index contributed by atoms with van der Waals surface area (Å²) < 4.78 is 38.4. The number of piperidine rings is 1. The minimum Gasteiger partial charge on any atom is -0.495 e. The molecule has 172 valence electrons. The summed E-state index contributed by atoms with van der Waals surface area (Å²) in [5.41, 5.74) is 0.920. The van der Waals surface area contributed by atoms with Gasteiger partial charge in [-0.15, -0.1) is 0 Å². The van der Waals surface area contributed by atoms with Gasteiger partial charge in [-0.25, -0.2) is 8.42 Å². The predicted octanol–water partition coefficient (Wildman–Crippen LogP) is 3.48. The normalized spacial score (nSPS) is 14.6. The molecule has 1 N–H and O–H groups in total. The summed E-state index contributed by atoms with van der Waals surface area (Å²) in [7, 11) is -2.32. The fraction of sp³-hybridized carbons (Fsp3) is 0.391. The van der Waals surface area contributed by atoms with Crippen molar-refractivity contribution in [3.63, 3.8) is 0 Å².